The van der Waals surface area contributed by atoms with E-state index in [0.29, 0.717) is 5.52 Å². The predicted molar refractivity (Wildman–Crippen MR) is 62.9 cm³/mol. The lowest BCUT2D eigenvalue weighted by Crippen LogP contribution is -2.14. The molecule has 0 spiro atoms. The molecule has 3 N–H and O–H groups in total. The van der Waals surface area contributed by atoms with Gasteiger partial charge in [-0.15, -0.1) is 0 Å². The second-order valence-electron chi connectivity index (χ2n) is 3.74. The number of carbonyl (C=O) groups is 1. The minimum atomic E-state index is -0.671. The smallest absolute Gasteiger partial charge is 0.285 e. The van der Waals surface area contributed by atoms with Gasteiger partial charge in [0.15, 0.2) is 0 Å². The monoisotopic (exact) mass is 227 g/mol. The highest BCUT2D eigenvalue weighted by molar-refractivity contribution is 6.01. The fraction of sp³-hybridized carbons (Fsp3) is 0. The van der Waals surface area contributed by atoms with Gasteiger partial charge in [0.05, 0.1) is 0 Å². The number of hydrogen-bond acceptors (Lipinski definition) is 3. The van der Waals surface area contributed by atoms with Crippen molar-refractivity contribution >= 4 is 22.2 Å². The van der Waals surface area contributed by atoms with E-state index >= 15 is 0 Å². The van der Waals surface area contributed by atoms with Crippen LogP contribution in [0.1, 0.15) is 10.6 Å². The Morgan fingerprint density at radius 1 is 1.29 bits per heavy atom. The Labute approximate surface area is 96.1 Å². The van der Waals surface area contributed by atoms with Gasteiger partial charge >= 0.3 is 0 Å². The van der Waals surface area contributed by atoms with E-state index in [-0.39, 0.29) is 11.7 Å². The third kappa shape index (κ3) is 1.25. The number of benzene rings is 1. The van der Waals surface area contributed by atoms with E-state index in [2.05, 4.69) is 4.98 Å². The van der Waals surface area contributed by atoms with Crippen molar-refractivity contribution in [2.24, 2.45) is 5.73 Å². The molecule has 2 aromatic heterocycles. The fourth-order valence-electron chi connectivity index (χ4n) is 2.00. The van der Waals surface area contributed by atoms with Gasteiger partial charge < -0.3 is 10.8 Å². The number of fused-ring (bicyclic) bond motifs is 3. The molecule has 3 aromatic rings. The summed E-state index contributed by atoms with van der Waals surface area (Å²) in [6.45, 7) is 0. The molecular formula is C12H9N3O2. The van der Waals surface area contributed by atoms with Crippen LogP contribution in [0.2, 0.25) is 0 Å². The highest BCUT2D eigenvalue weighted by Crippen LogP contribution is 2.27. The fourth-order valence-corrected chi connectivity index (χ4v) is 2.00. The van der Waals surface area contributed by atoms with Gasteiger partial charge in [-0.2, -0.15) is 4.98 Å². The average Bonchev–Trinajstić information content (AvgIpc) is 2.67. The SMILES string of the molecule is NC(=O)c1nc(O)c2c3ccccc3ccn12. The van der Waals surface area contributed by atoms with Crippen LogP contribution in [0.3, 0.4) is 0 Å². The van der Waals surface area contributed by atoms with E-state index in [1.807, 2.05) is 30.3 Å². The van der Waals surface area contributed by atoms with Crippen LogP contribution in [0.15, 0.2) is 36.5 Å². The van der Waals surface area contributed by atoms with Crippen molar-refractivity contribution in [3.05, 3.63) is 42.4 Å². The van der Waals surface area contributed by atoms with Gasteiger partial charge in [0.1, 0.15) is 5.52 Å². The summed E-state index contributed by atoms with van der Waals surface area (Å²) in [4.78, 5) is 15.0. The quantitative estimate of drug-likeness (QED) is 0.657. The minimum Gasteiger partial charge on any atom is -0.492 e. The van der Waals surface area contributed by atoms with E-state index < -0.39 is 5.91 Å². The summed E-state index contributed by atoms with van der Waals surface area (Å²) in [6, 6.07) is 9.39. The van der Waals surface area contributed by atoms with Gasteiger partial charge in [-0.05, 0) is 11.5 Å². The first-order chi connectivity index (χ1) is 8.18. The molecule has 1 amide bonds. The Kier molecular flexibility index (Phi) is 1.82. The molecule has 0 fully saturated rings. The Bertz CT molecular complexity index is 746. The van der Waals surface area contributed by atoms with Crippen molar-refractivity contribution < 1.29 is 9.90 Å². The highest BCUT2D eigenvalue weighted by Gasteiger charge is 2.16. The van der Waals surface area contributed by atoms with Gasteiger partial charge in [-0.25, -0.2) is 0 Å². The molecule has 17 heavy (non-hydrogen) atoms. The molecule has 0 unspecified atom stereocenters. The summed E-state index contributed by atoms with van der Waals surface area (Å²) in [6.07, 6.45) is 1.67. The summed E-state index contributed by atoms with van der Waals surface area (Å²) in [5.74, 6) is -0.825. The van der Waals surface area contributed by atoms with E-state index in [0.717, 1.165) is 10.8 Å². The van der Waals surface area contributed by atoms with E-state index in [1.54, 1.807) is 6.20 Å². The second kappa shape index (κ2) is 3.21. The Hall–Kier alpha value is -2.56. The molecule has 0 saturated carbocycles. The molecule has 5 heteroatoms. The number of rotatable bonds is 1. The van der Waals surface area contributed by atoms with Crippen LogP contribution in [-0.2, 0) is 0 Å². The lowest BCUT2D eigenvalue weighted by Gasteiger charge is -2.01. The lowest BCUT2D eigenvalue weighted by atomic mass is 10.1. The molecule has 0 atom stereocenters. The maximum Gasteiger partial charge on any atom is 0.285 e. The average molecular weight is 227 g/mol. The van der Waals surface area contributed by atoms with Crippen molar-refractivity contribution in [3.8, 4) is 5.88 Å². The standard InChI is InChI=1S/C12H9N3O2/c13-10(16)11-14-12(17)9-8-4-2-1-3-7(8)5-6-15(9)11/h1-6,17H,(H2,13,16). The summed E-state index contributed by atoms with van der Waals surface area (Å²) >= 11 is 0. The highest BCUT2D eigenvalue weighted by atomic mass is 16.3. The molecular weight excluding hydrogens is 218 g/mol. The largest absolute Gasteiger partial charge is 0.492 e. The summed E-state index contributed by atoms with van der Waals surface area (Å²) in [5.41, 5.74) is 5.70. The molecule has 0 bridgehead atoms. The van der Waals surface area contributed by atoms with Crippen LogP contribution >= 0.6 is 0 Å². The van der Waals surface area contributed by atoms with E-state index in [1.165, 1.54) is 4.40 Å². The second-order valence-corrected chi connectivity index (χ2v) is 3.74. The van der Waals surface area contributed by atoms with Crippen LogP contribution in [0.5, 0.6) is 5.88 Å². The summed E-state index contributed by atoms with van der Waals surface area (Å²) in [7, 11) is 0. The molecule has 2 heterocycles. The number of imidazole rings is 1. The number of nitrogens with two attached hydrogens (primary N) is 1. The third-order valence-electron chi connectivity index (χ3n) is 2.73. The van der Waals surface area contributed by atoms with Crippen molar-refractivity contribution in [3.63, 3.8) is 0 Å². The van der Waals surface area contributed by atoms with Crippen LogP contribution in [0, 0.1) is 0 Å². The van der Waals surface area contributed by atoms with Gasteiger partial charge in [0.25, 0.3) is 5.91 Å². The summed E-state index contributed by atoms with van der Waals surface area (Å²) < 4.78 is 1.50. The first-order valence-corrected chi connectivity index (χ1v) is 5.07. The van der Waals surface area contributed by atoms with Crippen molar-refractivity contribution in [1.82, 2.24) is 9.38 Å². The maximum absolute atomic E-state index is 11.2. The van der Waals surface area contributed by atoms with Gasteiger partial charge in [0.2, 0.25) is 11.7 Å². The van der Waals surface area contributed by atoms with Gasteiger partial charge in [0, 0.05) is 11.6 Å². The lowest BCUT2D eigenvalue weighted by molar-refractivity contribution is 0.0989. The predicted octanol–water partition coefficient (Wildman–Crippen LogP) is 1.29. The minimum absolute atomic E-state index is 0.0308. The zero-order chi connectivity index (χ0) is 12.0. The molecule has 84 valence electrons. The first kappa shape index (κ1) is 9.65. The van der Waals surface area contributed by atoms with Crippen LogP contribution in [-0.4, -0.2) is 20.4 Å². The van der Waals surface area contributed by atoms with Crippen LogP contribution in [0.4, 0.5) is 0 Å². The summed E-state index contributed by atoms with van der Waals surface area (Å²) in [5, 5.41) is 11.6. The van der Waals surface area contributed by atoms with E-state index in [4.69, 9.17) is 5.73 Å². The Morgan fingerprint density at radius 2 is 2.06 bits per heavy atom. The Morgan fingerprint density at radius 3 is 2.82 bits per heavy atom. The topological polar surface area (TPSA) is 80.6 Å². The molecule has 0 aliphatic heterocycles. The molecule has 0 aliphatic rings. The van der Waals surface area contributed by atoms with Crippen molar-refractivity contribution in [1.29, 1.82) is 0 Å². The van der Waals surface area contributed by atoms with Crippen LogP contribution < -0.4 is 5.73 Å². The molecule has 0 saturated heterocycles. The zero-order valence-electron chi connectivity index (χ0n) is 8.79. The van der Waals surface area contributed by atoms with Gasteiger partial charge in [-0.3, -0.25) is 9.20 Å². The van der Waals surface area contributed by atoms with Crippen molar-refractivity contribution in [2.45, 2.75) is 0 Å². The number of aromatic hydroxyl groups is 1. The molecule has 0 radical (unpaired) electrons. The number of nitrogens with zero attached hydrogens (tertiary/aromatic N) is 2. The number of carbonyl (C=O) groups excluding carboxylic acids is 1. The molecule has 1 aromatic carbocycles. The number of primary amides is 1. The molecule has 5 nitrogen and oxygen atoms in total. The normalized spacial score (nSPS) is 11.1. The Balaban J connectivity index is 2.55. The number of hydrogen-bond donors (Lipinski definition) is 2. The van der Waals surface area contributed by atoms with E-state index in [9.17, 15) is 9.90 Å². The van der Waals surface area contributed by atoms with Crippen LogP contribution in [0.25, 0.3) is 16.3 Å². The number of pyridine rings is 1. The first-order valence-electron chi connectivity index (χ1n) is 5.07. The molecule has 3 rings (SSSR count). The number of amides is 1. The third-order valence-corrected chi connectivity index (χ3v) is 2.73. The number of aromatic nitrogens is 2. The van der Waals surface area contributed by atoms with Crippen molar-refractivity contribution in [2.75, 3.05) is 0 Å². The molecule has 0 aliphatic carbocycles. The maximum atomic E-state index is 11.2. The van der Waals surface area contributed by atoms with Gasteiger partial charge in [-0.1, -0.05) is 24.3 Å². The zero-order valence-corrected chi connectivity index (χ0v) is 8.79.